The lowest BCUT2D eigenvalue weighted by Gasteiger charge is -2.32. The van der Waals surface area contributed by atoms with Crippen LogP contribution in [0.3, 0.4) is 0 Å². The number of nitro groups is 1. The first-order valence-corrected chi connectivity index (χ1v) is 9.74. The van der Waals surface area contributed by atoms with Gasteiger partial charge in [-0.05, 0) is 38.0 Å². The van der Waals surface area contributed by atoms with Crippen molar-refractivity contribution in [2.24, 2.45) is 5.92 Å². The lowest BCUT2D eigenvalue weighted by molar-refractivity contribution is -0.385. The van der Waals surface area contributed by atoms with Crippen LogP contribution in [0, 0.1) is 23.0 Å². The number of aromatic nitrogens is 4. The molecule has 1 aromatic carbocycles. The molecule has 168 valence electrons. The maximum atomic E-state index is 13.1. The number of halogens is 3. The summed E-state index contributed by atoms with van der Waals surface area (Å²) in [5.41, 5.74) is 0.746. The largest absolute Gasteiger partial charge is 0.453 e. The van der Waals surface area contributed by atoms with Gasteiger partial charge < -0.3 is 10.2 Å². The van der Waals surface area contributed by atoms with Gasteiger partial charge in [-0.3, -0.25) is 14.9 Å². The van der Waals surface area contributed by atoms with Crippen LogP contribution in [-0.2, 0) is 11.0 Å². The number of fused-ring (bicyclic) bond motifs is 1. The van der Waals surface area contributed by atoms with Gasteiger partial charge in [0.1, 0.15) is 5.82 Å². The number of nitro benzene ring substituents is 1. The second-order valence-electron chi connectivity index (χ2n) is 7.49. The van der Waals surface area contributed by atoms with E-state index in [9.17, 15) is 28.1 Å². The van der Waals surface area contributed by atoms with Gasteiger partial charge in [0.2, 0.25) is 5.91 Å². The first-order valence-electron chi connectivity index (χ1n) is 9.74. The van der Waals surface area contributed by atoms with Crippen molar-refractivity contribution < 1.29 is 22.9 Å². The van der Waals surface area contributed by atoms with Gasteiger partial charge in [-0.2, -0.15) is 17.7 Å². The Balaban J connectivity index is 1.42. The number of benzene rings is 1. The average molecular weight is 449 g/mol. The molecule has 0 radical (unpaired) electrons. The molecule has 1 saturated heterocycles. The number of nitrogens with zero attached hydrogens (tertiary/aromatic N) is 6. The molecule has 0 spiro atoms. The Kier molecular flexibility index (Phi) is 5.40. The van der Waals surface area contributed by atoms with E-state index >= 15 is 0 Å². The van der Waals surface area contributed by atoms with Gasteiger partial charge in [0.15, 0.2) is 5.65 Å². The van der Waals surface area contributed by atoms with Crippen LogP contribution in [-0.4, -0.2) is 43.7 Å². The van der Waals surface area contributed by atoms with Crippen molar-refractivity contribution >= 4 is 28.7 Å². The van der Waals surface area contributed by atoms with Crippen LogP contribution in [0.25, 0.3) is 5.65 Å². The third kappa shape index (κ3) is 4.18. The van der Waals surface area contributed by atoms with Crippen molar-refractivity contribution in [2.75, 3.05) is 23.3 Å². The van der Waals surface area contributed by atoms with Gasteiger partial charge in [0, 0.05) is 36.3 Å². The number of nitrogens with one attached hydrogen (secondary N) is 1. The van der Waals surface area contributed by atoms with Crippen molar-refractivity contribution in [1.82, 2.24) is 19.8 Å². The minimum absolute atomic E-state index is 0.0115. The van der Waals surface area contributed by atoms with Crippen LogP contribution in [0.5, 0.6) is 0 Å². The van der Waals surface area contributed by atoms with Gasteiger partial charge in [-0.15, -0.1) is 15.3 Å². The first kappa shape index (κ1) is 21.5. The fourth-order valence-corrected chi connectivity index (χ4v) is 3.62. The zero-order chi connectivity index (χ0) is 23.0. The molecule has 13 heteroatoms. The van der Waals surface area contributed by atoms with Gasteiger partial charge in [-0.25, -0.2) is 0 Å². The predicted molar refractivity (Wildman–Crippen MR) is 107 cm³/mol. The monoisotopic (exact) mass is 449 g/mol. The van der Waals surface area contributed by atoms with Crippen molar-refractivity contribution in [2.45, 2.75) is 25.9 Å². The topological polar surface area (TPSA) is 119 Å². The maximum absolute atomic E-state index is 13.1. The van der Waals surface area contributed by atoms with Gasteiger partial charge in [-0.1, -0.05) is 6.07 Å². The molecule has 1 aliphatic rings. The predicted octanol–water partition coefficient (Wildman–Crippen LogP) is 3.21. The summed E-state index contributed by atoms with van der Waals surface area (Å²) in [6.45, 7) is 2.44. The summed E-state index contributed by atoms with van der Waals surface area (Å²) in [6, 6.07) is 7.47. The zero-order valence-electron chi connectivity index (χ0n) is 16.8. The molecule has 3 heterocycles. The number of alkyl halides is 3. The van der Waals surface area contributed by atoms with Crippen LogP contribution in [0.2, 0.25) is 0 Å². The average Bonchev–Trinajstić information content (AvgIpc) is 3.19. The van der Waals surface area contributed by atoms with E-state index in [2.05, 4.69) is 20.6 Å². The second kappa shape index (κ2) is 8.05. The SMILES string of the molecule is Cc1ccc(NC(=O)C2CCN(c3ccc4nnc(C(F)(F)F)n4n3)CC2)cc1[N+](=O)[O-]. The number of piperidine rings is 1. The molecule has 2 aromatic heterocycles. The third-order valence-corrected chi connectivity index (χ3v) is 5.37. The molecule has 3 aromatic rings. The Morgan fingerprint density at radius 3 is 2.56 bits per heavy atom. The van der Waals surface area contributed by atoms with Crippen molar-refractivity contribution in [1.29, 1.82) is 0 Å². The fourth-order valence-electron chi connectivity index (χ4n) is 3.62. The lowest BCUT2D eigenvalue weighted by Crippen LogP contribution is -2.38. The molecule has 32 heavy (non-hydrogen) atoms. The van der Waals surface area contributed by atoms with Gasteiger partial charge in [0.05, 0.1) is 4.92 Å². The number of carbonyl (C=O) groups is 1. The second-order valence-corrected chi connectivity index (χ2v) is 7.49. The highest BCUT2D eigenvalue weighted by atomic mass is 19.4. The molecular formula is C19H18F3N7O3. The van der Waals surface area contributed by atoms with E-state index in [0.29, 0.717) is 47.5 Å². The summed E-state index contributed by atoms with van der Waals surface area (Å²) >= 11 is 0. The summed E-state index contributed by atoms with van der Waals surface area (Å²) in [5, 5.41) is 24.5. The Labute approximate surface area is 179 Å². The number of carbonyl (C=O) groups excluding carboxylic acids is 1. The first-order chi connectivity index (χ1) is 15.1. The minimum atomic E-state index is -4.68. The maximum Gasteiger partial charge on any atom is 0.453 e. The van der Waals surface area contributed by atoms with Gasteiger partial charge in [0.25, 0.3) is 11.5 Å². The summed E-state index contributed by atoms with van der Waals surface area (Å²) in [6.07, 6.45) is -3.78. The molecule has 0 saturated carbocycles. The van der Waals surface area contributed by atoms with E-state index in [1.54, 1.807) is 30.0 Å². The van der Waals surface area contributed by atoms with Crippen LogP contribution in [0.1, 0.15) is 24.2 Å². The molecule has 1 fully saturated rings. The smallest absolute Gasteiger partial charge is 0.355 e. The Morgan fingerprint density at radius 2 is 1.91 bits per heavy atom. The number of hydrogen-bond donors (Lipinski definition) is 1. The molecule has 0 aliphatic carbocycles. The highest BCUT2D eigenvalue weighted by molar-refractivity contribution is 5.93. The van der Waals surface area contributed by atoms with Crippen LogP contribution in [0.4, 0.5) is 30.4 Å². The third-order valence-electron chi connectivity index (χ3n) is 5.37. The Morgan fingerprint density at radius 1 is 1.19 bits per heavy atom. The molecule has 1 aliphatic heterocycles. The lowest BCUT2D eigenvalue weighted by atomic mass is 9.95. The van der Waals surface area contributed by atoms with Crippen LogP contribution >= 0.6 is 0 Å². The van der Waals surface area contributed by atoms with E-state index in [4.69, 9.17) is 0 Å². The number of anilines is 2. The summed E-state index contributed by atoms with van der Waals surface area (Å²) in [4.78, 5) is 25.0. The van der Waals surface area contributed by atoms with Crippen molar-refractivity contribution in [3.63, 3.8) is 0 Å². The normalized spacial score (nSPS) is 15.2. The molecule has 4 rings (SSSR count). The highest BCUT2D eigenvalue weighted by Crippen LogP contribution is 2.29. The molecule has 0 atom stereocenters. The number of amides is 1. The van der Waals surface area contributed by atoms with E-state index in [1.807, 2.05) is 0 Å². The van der Waals surface area contributed by atoms with E-state index < -0.39 is 16.9 Å². The van der Waals surface area contributed by atoms with E-state index in [1.165, 1.54) is 12.1 Å². The number of hydrogen-bond acceptors (Lipinski definition) is 7. The standard InChI is InChI=1S/C19H18F3N7O3/c1-11-2-3-13(10-14(11)29(31)32)23-17(30)12-6-8-27(9-7-12)16-5-4-15-24-25-18(19(20,21)22)28(15)26-16/h2-5,10,12H,6-9H2,1H3,(H,23,30). The molecule has 10 nitrogen and oxygen atoms in total. The van der Waals surface area contributed by atoms with Crippen molar-refractivity contribution in [3.05, 3.63) is 51.8 Å². The Hall–Kier alpha value is -3.77. The highest BCUT2D eigenvalue weighted by Gasteiger charge is 2.38. The van der Waals surface area contributed by atoms with Crippen molar-refractivity contribution in [3.8, 4) is 0 Å². The molecule has 1 amide bonds. The summed E-state index contributed by atoms with van der Waals surface area (Å²) in [5.74, 6) is -1.47. The molecular weight excluding hydrogens is 431 g/mol. The Bertz CT molecular complexity index is 1190. The summed E-state index contributed by atoms with van der Waals surface area (Å²) in [7, 11) is 0. The molecule has 0 bridgehead atoms. The van der Waals surface area contributed by atoms with Crippen LogP contribution in [0.15, 0.2) is 30.3 Å². The minimum Gasteiger partial charge on any atom is -0.355 e. The van der Waals surface area contributed by atoms with E-state index in [-0.39, 0.29) is 23.2 Å². The number of rotatable bonds is 4. The quantitative estimate of drug-likeness (QED) is 0.480. The fraction of sp³-hybridized carbons (Fsp3) is 0.368. The molecule has 0 unspecified atom stereocenters. The number of aryl methyl sites for hydroxylation is 1. The zero-order valence-corrected chi connectivity index (χ0v) is 16.8. The van der Waals surface area contributed by atoms with Crippen LogP contribution < -0.4 is 10.2 Å². The summed E-state index contributed by atoms with van der Waals surface area (Å²) < 4.78 is 39.9. The molecule has 1 N–H and O–H groups in total. The van der Waals surface area contributed by atoms with Gasteiger partial charge >= 0.3 is 6.18 Å². The van der Waals surface area contributed by atoms with E-state index in [0.717, 1.165) is 0 Å².